The van der Waals surface area contributed by atoms with Crippen molar-refractivity contribution in [1.82, 2.24) is 4.73 Å². The molecule has 0 radical (unpaired) electrons. The number of fused-ring (bicyclic) bond motifs is 1. The van der Waals surface area contributed by atoms with E-state index < -0.39 is 10.5 Å². The van der Waals surface area contributed by atoms with Crippen LogP contribution in [0.2, 0.25) is 0 Å². The van der Waals surface area contributed by atoms with Crippen LogP contribution >= 0.6 is 0 Å². The van der Waals surface area contributed by atoms with Gasteiger partial charge in [0.15, 0.2) is 5.52 Å². The first-order valence-corrected chi connectivity index (χ1v) is 6.67. The van der Waals surface area contributed by atoms with Gasteiger partial charge in [-0.1, -0.05) is 12.1 Å². The zero-order valence-corrected chi connectivity index (χ0v) is 11.8. The number of rotatable bonds is 4. The van der Waals surface area contributed by atoms with Gasteiger partial charge in [-0.25, -0.2) is 0 Å². The van der Waals surface area contributed by atoms with Gasteiger partial charge in [0.2, 0.25) is 11.7 Å². The predicted octanol–water partition coefficient (Wildman–Crippen LogP) is 1.17. The molecule has 23 heavy (non-hydrogen) atoms. The summed E-state index contributed by atoms with van der Waals surface area (Å²) in [5, 5.41) is 22.3. The Hall–Kier alpha value is -3.42. The third-order valence-corrected chi connectivity index (χ3v) is 3.27. The lowest BCUT2D eigenvalue weighted by molar-refractivity contribution is -0.578. The van der Waals surface area contributed by atoms with Crippen LogP contribution in [0, 0.1) is 15.3 Å². The van der Waals surface area contributed by atoms with Crippen molar-refractivity contribution in [3.8, 4) is 0 Å². The van der Waals surface area contributed by atoms with Crippen LogP contribution in [-0.2, 0) is 6.61 Å². The van der Waals surface area contributed by atoms with E-state index in [2.05, 4.69) is 0 Å². The molecule has 0 saturated heterocycles. The molecule has 8 nitrogen and oxygen atoms in total. The van der Waals surface area contributed by atoms with Gasteiger partial charge in [0, 0.05) is 18.2 Å². The van der Waals surface area contributed by atoms with E-state index in [1.54, 1.807) is 36.4 Å². The smallest absolute Gasteiger partial charge is 0.349 e. The second-order valence-corrected chi connectivity index (χ2v) is 4.77. The van der Waals surface area contributed by atoms with Crippen LogP contribution in [0.3, 0.4) is 0 Å². The number of nitro groups is 1. The number of hydrogen-bond donors (Lipinski definition) is 0. The van der Waals surface area contributed by atoms with Crippen molar-refractivity contribution in [2.75, 3.05) is 0 Å². The monoisotopic (exact) mass is 313 g/mol. The van der Waals surface area contributed by atoms with Crippen LogP contribution in [0.1, 0.15) is 5.56 Å². The minimum absolute atomic E-state index is 0.0246. The fourth-order valence-corrected chi connectivity index (χ4v) is 2.15. The average molecular weight is 313 g/mol. The van der Waals surface area contributed by atoms with E-state index in [0.717, 1.165) is 10.9 Å². The number of aromatic nitrogens is 2. The number of non-ortho nitro benzene ring substituents is 1. The van der Waals surface area contributed by atoms with Crippen molar-refractivity contribution in [2.24, 2.45) is 0 Å². The first-order valence-electron chi connectivity index (χ1n) is 6.67. The van der Waals surface area contributed by atoms with Gasteiger partial charge < -0.3 is 10.0 Å². The number of nitro benzene ring substituents is 1. The van der Waals surface area contributed by atoms with Crippen LogP contribution in [0.4, 0.5) is 5.69 Å². The Morgan fingerprint density at radius 3 is 2.52 bits per heavy atom. The molecule has 8 heteroatoms. The summed E-state index contributed by atoms with van der Waals surface area (Å²) in [4.78, 5) is 27.5. The SMILES string of the molecule is O=c1c[n+]([O-])c2ccccc2n1OCc1ccc([N+](=O)[O-])cc1. The van der Waals surface area contributed by atoms with Crippen molar-refractivity contribution >= 4 is 16.7 Å². The Kier molecular flexibility index (Phi) is 3.63. The van der Waals surface area contributed by atoms with Crippen molar-refractivity contribution in [1.29, 1.82) is 0 Å². The van der Waals surface area contributed by atoms with E-state index in [1.807, 2.05) is 0 Å². The van der Waals surface area contributed by atoms with Crippen molar-refractivity contribution in [3.05, 3.63) is 86.0 Å². The number of nitrogens with zero attached hydrogens (tertiary/aromatic N) is 3. The van der Waals surface area contributed by atoms with Gasteiger partial charge in [-0.3, -0.25) is 14.9 Å². The Bertz CT molecular complexity index is 934. The molecule has 0 spiro atoms. The highest BCUT2D eigenvalue weighted by atomic mass is 16.7. The third-order valence-electron chi connectivity index (χ3n) is 3.27. The second kappa shape index (κ2) is 5.76. The fourth-order valence-electron chi connectivity index (χ4n) is 2.15. The van der Waals surface area contributed by atoms with Gasteiger partial charge in [0.05, 0.1) is 4.92 Å². The Balaban J connectivity index is 1.90. The summed E-state index contributed by atoms with van der Waals surface area (Å²) in [5.74, 6) is 0. The maximum atomic E-state index is 11.9. The molecule has 0 bridgehead atoms. The summed E-state index contributed by atoms with van der Waals surface area (Å²) in [7, 11) is 0. The predicted molar refractivity (Wildman–Crippen MR) is 80.5 cm³/mol. The van der Waals surface area contributed by atoms with Gasteiger partial charge >= 0.3 is 5.56 Å². The van der Waals surface area contributed by atoms with E-state index >= 15 is 0 Å². The van der Waals surface area contributed by atoms with Gasteiger partial charge in [0.1, 0.15) is 6.61 Å². The fraction of sp³-hybridized carbons (Fsp3) is 0.0667. The standard InChI is InChI=1S/C15H11N3O5/c19-15-9-16(20)13-3-1-2-4-14(13)17(15)23-10-11-5-7-12(8-6-11)18(21)22/h1-9H,10H2. The molecule has 0 N–H and O–H groups in total. The van der Waals surface area contributed by atoms with Crippen molar-refractivity contribution in [2.45, 2.75) is 6.61 Å². The Morgan fingerprint density at radius 2 is 1.83 bits per heavy atom. The molecule has 0 fully saturated rings. The lowest BCUT2D eigenvalue weighted by atomic mass is 10.2. The number of para-hydroxylation sites is 2. The summed E-state index contributed by atoms with van der Waals surface area (Å²) in [6, 6.07) is 12.3. The van der Waals surface area contributed by atoms with Gasteiger partial charge in [-0.2, -0.15) is 4.73 Å². The number of benzene rings is 2. The minimum atomic E-state index is -0.597. The number of hydrogen-bond acceptors (Lipinski definition) is 5. The molecule has 1 heterocycles. The Morgan fingerprint density at radius 1 is 1.13 bits per heavy atom. The van der Waals surface area contributed by atoms with E-state index in [-0.39, 0.29) is 12.3 Å². The molecule has 0 aliphatic rings. The lowest BCUT2D eigenvalue weighted by Crippen LogP contribution is -2.38. The highest BCUT2D eigenvalue weighted by Crippen LogP contribution is 2.12. The molecular formula is C15H11N3O5. The lowest BCUT2D eigenvalue weighted by Gasteiger charge is -2.11. The van der Waals surface area contributed by atoms with E-state index in [0.29, 0.717) is 21.3 Å². The molecule has 3 aromatic rings. The third kappa shape index (κ3) is 2.82. The molecule has 3 rings (SSSR count). The largest absolute Gasteiger partial charge is 0.618 e. The quantitative estimate of drug-likeness (QED) is 0.311. The van der Waals surface area contributed by atoms with E-state index in [1.165, 1.54) is 12.1 Å². The summed E-state index contributed by atoms with van der Waals surface area (Å²) in [6.07, 6.45) is 0.887. The first kappa shape index (κ1) is 14.5. The summed E-state index contributed by atoms with van der Waals surface area (Å²) < 4.78 is 1.52. The van der Waals surface area contributed by atoms with Crippen LogP contribution in [0.5, 0.6) is 0 Å². The molecular weight excluding hydrogens is 302 g/mol. The van der Waals surface area contributed by atoms with Crippen LogP contribution < -0.4 is 15.1 Å². The summed E-state index contributed by atoms with van der Waals surface area (Å²) in [6.45, 7) is 0.0325. The van der Waals surface area contributed by atoms with Crippen LogP contribution in [0.25, 0.3) is 11.0 Å². The minimum Gasteiger partial charge on any atom is -0.618 e. The molecule has 116 valence electrons. The second-order valence-electron chi connectivity index (χ2n) is 4.77. The maximum absolute atomic E-state index is 11.9. The summed E-state index contributed by atoms with van der Waals surface area (Å²) >= 11 is 0. The molecule has 0 aliphatic carbocycles. The first-order chi connectivity index (χ1) is 11.1. The molecule has 0 saturated carbocycles. The normalized spacial score (nSPS) is 10.6. The Labute approximate surface area is 129 Å². The molecule has 0 atom stereocenters. The zero-order chi connectivity index (χ0) is 16.4. The van der Waals surface area contributed by atoms with Crippen molar-refractivity contribution < 1.29 is 14.5 Å². The van der Waals surface area contributed by atoms with Gasteiger partial charge in [0.25, 0.3) is 5.69 Å². The average Bonchev–Trinajstić information content (AvgIpc) is 2.55. The van der Waals surface area contributed by atoms with Gasteiger partial charge in [-0.15, -0.1) is 4.73 Å². The summed E-state index contributed by atoms with van der Waals surface area (Å²) in [5.41, 5.74) is 0.683. The topological polar surface area (TPSA) is 101 Å². The molecule has 0 unspecified atom stereocenters. The van der Waals surface area contributed by atoms with E-state index in [4.69, 9.17) is 4.84 Å². The van der Waals surface area contributed by atoms with Crippen LogP contribution in [0.15, 0.2) is 59.5 Å². The molecule has 2 aromatic carbocycles. The highest BCUT2D eigenvalue weighted by molar-refractivity contribution is 5.70. The van der Waals surface area contributed by atoms with Gasteiger partial charge in [-0.05, 0) is 23.8 Å². The van der Waals surface area contributed by atoms with Crippen LogP contribution in [-0.4, -0.2) is 9.65 Å². The molecule has 0 aliphatic heterocycles. The van der Waals surface area contributed by atoms with Crippen molar-refractivity contribution in [3.63, 3.8) is 0 Å². The zero-order valence-electron chi connectivity index (χ0n) is 11.8. The molecule has 0 amide bonds. The molecule has 1 aromatic heterocycles. The highest BCUT2D eigenvalue weighted by Gasteiger charge is 2.12. The van der Waals surface area contributed by atoms with E-state index in [9.17, 15) is 20.1 Å². The maximum Gasteiger partial charge on any atom is 0.349 e.